The molecule has 0 amide bonds. The summed E-state index contributed by atoms with van der Waals surface area (Å²) in [5, 5.41) is 0. The molecule has 2 atom stereocenters. The first-order valence-corrected chi connectivity index (χ1v) is 7.84. The van der Waals surface area contributed by atoms with Crippen LogP contribution in [0, 0.1) is 11.7 Å². The fourth-order valence-corrected chi connectivity index (χ4v) is 3.64. The molecule has 20 heavy (non-hydrogen) atoms. The average molecular weight is 342 g/mol. The van der Waals surface area contributed by atoms with Gasteiger partial charge in [-0.15, -0.1) is 0 Å². The number of likely N-dealkylation sites (N-methyl/N-ethyl adjacent to an activating group) is 1. The maximum absolute atomic E-state index is 14.3. The van der Waals surface area contributed by atoms with Crippen LogP contribution in [0.25, 0.3) is 0 Å². The molecule has 0 aromatic heterocycles. The van der Waals surface area contributed by atoms with E-state index in [0.29, 0.717) is 10.4 Å². The summed E-state index contributed by atoms with van der Waals surface area (Å²) in [4.78, 5) is 15.0. The number of carbonyl (C=O) groups is 1. The van der Waals surface area contributed by atoms with Crippen molar-refractivity contribution < 1.29 is 9.18 Å². The van der Waals surface area contributed by atoms with Gasteiger partial charge in [-0.1, -0.05) is 25.8 Å². The van der Waals surface area contributed by atoms with Gasteiger partial charge in [0.2, 0.25) is 0 Å². The van der Waals surface area contributed by atoms with E-state index in [0.717, 1.165) is 25.7 Å². The lowest BCUT2D eigenvalue weighted by Gasteiger charge is -2.43. The fourth-order valence-electron chi connectivity index (χ4n) is 3.27. The first kappa shape index (κ1) is 15.6. The van der Waals surface area contributed by atoms with E-state index in [4.69, 9.17) is 0 Å². The largest absolute Gasteiger partial charge is 0.297 e. The Kier molecular flexibility index (Phi) is 4.65. The van der Waals surface area contributed by atoms with E-state index in [2.05, 4.69) is 22.9 Å². The Morgan fingerprint density at radius 3 is 2.75 bits per heavy atom. The summed E-state index contributed by atoms with van der Waals surface area (Å²) >= 11 is 3.16. The first-order chi connectivity index (χ1) is 9.38. The summed E-state index contributed by atoms with van der Waals surface area (Å²) in [5.74, 6) is -0.0462. The Hall–Kier alpha value is -0.740. The first-order valence-electron chi connectivity index (χ1n) is 7.05. The standard InChI is InChI=1S/C16H21BrFNO/c1-11-6-5-9-16(10-11,19(2)3)15(20)12-7-4-8-13(17)14(12)18/h4,7-8,11H,5-6,9-10H2,1-3H3. The smallest absolute Gasteiger partial charge is 0.186 e. The second-order valence-corrected chi connectivity index (χ2v) is 6.91. The Balaban J connectivity index is 2.44. The van der Waals surface area contributed by atoms with Gasteiger partial charge in [0.15, 0.2) is 5.78 Å². The topological polar surface area (TPSA) is 20.3 Å². The van der Waals surface area contributed by atoms with E-state index in [1.807, 2.05) is 19.0 Å². The third kappa shape index (κ3) is 2.68. The molecule has 1 aliphatic carbocycles. The predicted molar refractivity (Wildman–Crippen MR) is 82.5 cm³/mol. The number of carbonyl (C=O) groups excluding carboxylic acids is 1. The fraction of sp³-hybridized carbons (Fsp3) is 0.562. The van der Waals surface area contributed by atoms with Crippen LogP contribution in [0.15, 0.2) is 22.7 Å². The van der Waals surface area contributed by atoms with Crippen molar-refractivity contribution in [3.63, 3.8) is 0 Å². The maximum atomic E-state index is 14.3. The molecule has 0 saturated heterocycles. The summed E-state index contributed by atoms with van der Waals surface area (Å²) in [5.41, 5.74) is -0.374. The Morgan fingerprint density at radius 1 is 1.45 bits per heavy atom. The highest BCUT2D eigenvalue weighted by molar-refractivity contribution is 9.10. The van der Waals surface area contributed by atoms with Crippen LogP contribution in [-0.4, -0.2) is 30.3 Å². The Bertz CT molecular complexity index is 517. The number of nitrogens with zero attached hydrogens (tertiary/aromatic N) is 1. The second kappa shape index (κ2) is 5.94. The number of rotatable bonds is 3. The van der Waals surface area contributed by atoms with Crippen LogP contribution >= 0.6 is 15.9 Å². The lowest BCUT2D eigenvalue weighted by molar-refractivity contribution is 0.0482. The number of benzene rings is 1. The lowest BCUT2D eigenvalue weighted by atomic mass is 9.71. The number of hydrogen-bond acceptors (Lipinski definition) is 2. The SMILES string of the molecule is CC1CCCC(C(=O)c2cccc(Br)c2F)(N(C)C)C1. The van der Waals surface area contributed by atoms with Crippen molar-refractivity contribution in [2.24, 2.45) is 5.92 Å². The van der Waals surface area contributed by atoms with Crippen molar-refractivity contribution in [1.82, 2.24) is 4.90 Å². The van der Waals surface area contributed by atoms with Crippen LogP contribution in [0.5, 0.6) is 0 Å². The number of halogens is 2. The second-order valence-electron chi connectivity index (χ2n) is 6.06. The molecule has 0 heterocycles. The summed E-state index contributed by atoms with van der Waals surface area (Å²) in [6.07, 6.45) is 3.75. The highest BCUT2D eigenvalue weighted by Gasteiger charge is 2.44. The van der Waals surface area contributed by atoms with Gasteiger partial charge in [0, 0.05) is 0 Å². The molecule has 0 N–H and O–H groups in total. The van der Waals surface area contributed by atoms with E-state index < -0.39 is 11.4 Å². The summed E-state index contributed by atoms with van der Waals surface area (Å²) in [6, 6.07) is 4.93. The van der Waals surface area contributed by atoms with E-state index in [1.54, 1.807) is 18.2 Å². The molecular weight excluding hydrogens is 321 g/mol. The summed E-state index contributed by atoms with van der Waals surface area (Å²) in [7, 11) is 3.84. The lowest BCUT2D eigenvalue weighted by Crippen LogP contribution is -2.54. The molecule has 0 spiro atoms. The van der Waals surface area contributed by atoms with Crippen molar-refractivity contribution >= 4 is 21.7 Å². The van der Waals surface area contributed by atoms with E-state index >= 15 is 0 Å². The van der Waals surface area contributed by atoms with E-state index in [1.165, 1.54) is 0 Å². The zero-order valence-electron chi connectivity index (χ0n) is 12.2. The average Bonchev–Trinajstić information content (AvgIpc) is 2.40. The molecule has 2 nitrogen and oxygen atoms in total. The quantitative estimate of drug-likeness (QED) is 0.764. The molecule has 0 radical (unpaired) electrons. The highest BCUT2D eigenvalue weighted by Crippen LogP contribution is 2.39. The number of ketones is 1. The minimum Gasteiger partial charge on any atom is -0.297 e. The van der Waals surface area contributed by atoms with Gasteiger partial charge < -0.3 is 0 Å². The van der Waals surface area contributed by atoms with Crippen molar-refractivity contribution in [3.8, 4) is 0 Å². The molecule has 4 heteroatoms. The van der Waals surface area contributed by atoms with Crippen LogP contribution in [0.4, 0.5) is 4.39 Å². The summed E-state index contributed by atoms with van der Waals surface area (Å²) < 4.78 is 14.6. The minimum absolute atomic E-state index is 0.0900. The van der Waals surface area contributed by atoms with Crippen molar-refractivity contribution in [1.29, 1.82) is 0 Å². The minimum atomic E-state index is -0.570. The Labute approximate surface area is 128 Å². The summed E-state index contributed by atoms with van der Waals surface area (Å²) in [6.45, 7) is 2.17. The molecule has 0 bridgehead atoms. The molecule has 1 aromatic carbocycles. The van der Waals surface area contributed by atoms with Gasteiger partial charge in [0.05, 0.1) is 15.6 Å². The van der Waals surface area contributed by atoms with Crippen molar-refractivity contribution in [3.05, 3.63) is 34.1 Å². The van der Waals surface area contributed by atoms with Crippen LogP contribution in [0.3, 0.4) is 0 Å². The van der Waals surface area contributed by atoms with E-state index in [-0.39, 0.29) is 11.3 Å². The predicted octanol–water partition coefficient (Wildman–Crippen LogP) is 4.28. The molecule has 0 aliphatic heterocycles. The van der Waals surface area contributed by atoms with Crippen LogP contribution in [-0.2, 0) is 0 Å². The van der Waals surface area contributed by atoms with Gasteiger partial charge in [-0.25, -0.2) is 4.39 Å². The molecule has 1 aromatic rings. The van der Waals surface area contributed by atoms with Gasteiger partial charge >= 0.3 is 0 Å². The van der Waals surface area contributed by atoms with Crippen LogP contribution in [0.2, 0.25) is 0 Å². The molecule has 1 saturated carbocycles. The normalized spacial score (nSPS) is 26.8. The third-order valence-corrected chi connectivity index (χ3v) is 5.06. The number of Topliss-reactive ketones (excluding diaryl/α,β-unsaturated/α-hetero) is 1. The number of hydrogen-bond donors (Lipinski definition) is 0. The molecule has 2 rings (SSSR count). The van der Waals surface area contributed by atoms with Gasteiger partial charge in [-0.2, -0.15) is 0 Å². The molecule has 110 valence electrons. The maximum Gasteiger partial charge on any atom is 0.186 e. The van der Waals surface area contributed by atoms with Crippen molar-refractivity contribution in [2.45, 2.75) is 38.1 Å². The Morgan fingerprint density at radius 2 is 2.15 bits per heavy atom. The van der Waals surface area contributed by atoms with Gasteiger partial charge in [-0.05, 0) is 60.9 Å². The molecule has 1 fully saturated rings. The highest BCUT2D eigenvalue weighted by atomic mass is 79.9. The van der Waals surface area contributed by atoms with E-state index in [9.17, 15) is 9.18 Å². The monoisotopic (exact) mass is 341 g/mol. The third-order valence-electron chi connectivity index (χ3n) is 4.45. The van der Waals surface area contributed by atoms with Gasteiger partial charge in [0.25, 0.3) is 0 Å². The van der Waals surface area contributed by atoms with Crippen LogP contribution < -0.4 is 0 Å². The van der Waals surface area contributed by atoms with Gasteiger partial charge in [-0.3, -0.25) is 9.69 Å². The molecule has 2 unspecified atom stereocenters. The van der Waals surface area contributed by atoms with Gasteiger partial charge in [0.1, 0.15) is 5.82 Å². The molecule has 1 aliphatic rings. The van der Waals surface area contributed by atoms with Crippen LogP contribution in [0.1, 0.15) is 43.0 Å². The zero-order valence-corrected chi connectivity index (χ0v) is 13.8. The zero-order chi connectivity index (χ0) is 14.9. The molecular formula is C16H21BrFNO. The van der Waals surface area contributed by atoms with Crippen molar-refractivity contribution in [2.75, 3.05) is 14.1 Å².